The fourth-order valence-electron chi connectivity index (χ4n) is 1.75. The average Bonchev–Trinajstić information content (AvgIpc) is 2.41. The van der Waals surface area contributed by atoms with E-state index in [9.17, 15) is 9.18 Å². The molecule has 20 heavy (non-hydrogen) atoms. The van der Waals surface area contributed by atoms with Crippen molar-refractivity contribution in [3.63, 3.8) is 0 Å². The van der Waals surface area contributed by atoms with E-state index in [1.165, 1.54) is 6.07 Å². The summed E-state index contributed by atoms with van der Waals surface area (Å²) in [5, 5.41) is 0. The van der Waals surface area contributed by atoms with Crippen LogP contribution in [-0.4, -0.2) is 63.2 Å². The van der Waals surface area contributed by atoms with Gasteiger partial charge in [0, 0.05) is 32.3 Å². The topological polar surface area (TPSA) is 32.8 Å². The van der Waals surface area contributed by atoms with Gasteiger partial charge in [-0.2, -0.15) is 0 Å². The predicted octanol–water partition coefficient (Wildman–Crippen LogP) is 1.78. The van der Waals surface area contributed by atoms with E-state index >= 15 is 0 Å². The Morgan fingerprint density at radius 3 is 2.50 bits per heavy atom. The first-order chi connectivity index (χ1) is 9.45. The van der Waals surface area contributed by atoms with Gasteiger partial charge in [0.25, 0.3) is 5.91 Å². The lowest BCUT2D eigenvalue weighted by atomic mass is 10.1. The number of carbonyl (C=O) groups excluding carboxylic acids is 1. The summed E-state index contributed by atoms with van der Waals surface area (Å²) in [7, 11) is 5.50. The lowest BCUT2D eigenvalue weighted by Gasteiger charge is -2.24. The fraction of sp³-hybridized carbons (Fsp3) is 0.533. The number of aryl methyl sites for hydroxylation is 1. The zero-order chi connectivity index (χ0) is 15.1. The smallest absolute Gasteiger partial charge is 0.254 e. The molecule has 1 aromatic rings. The van der Waals surface area contributed by atoms with Gasteiger partial charge in [0.05, 0.1) is 6.61 Å². The fourth-order valence-corrected chi connectivity index (χ4v) is 1.75. The Hall–Kier alpha value is -1.46. The molecule has 0 heterocycles. The summed E-state index contributed by atoms with van der Waals surface area (Å²) in [4.78, 5) is 16.1. The summed E-state index contributed by atoms with van der Waals surface area (Å²) in [5.74, 6) is -0.516. The molecule has 4 nitrogen and oxygen atoms in total. The van der Waals surface area contributed by atoms with Gasteiger partial charge in [-0.05, 0) is 38.7 Å². The molecule has 0 unspecified atom stereocenters. The van der Waals surface area contributed by atoms with Gasteiger partial charge in [0.15, 0.2) is 0 Å². The third-order valence-corrected chi connectivity index (χ3v) is 3.09. The number of benzene rings is 1. The molecule has 0 spiro atoms. The summed E-state index contributed by atoms with van der Waals surface area (Å²) >= 11 is 0. The Morgan fingerprint density at radius 1 is 1.25 bits per heavy atom. The van der Waals surface area contributed by atoms with E-state index in [4.69, 9.17) is 4.74 Å². The zero-order valence-corrected chi connectivity index (χ0v) is 12.6. The highest BCUT2D eigenvalue weighted by molar-refractivity contribution is 5.94. The Labute approximate surface area is 120 Å². The SMILES string of the molecule is COCCN(CCN(C)C)C(=O)c1ccc(C)c(F)c1. The van der Waals surface area contributed by atoms with Crippen molar-refractivity contribution in [1.82, 2.24) is 9.80 Å². The van der Waals surface area contributed by atoms with Crippen LogP contribution in [-0.2, 0) is 4.74 Å². The first-order valence-electron chi connectivity index (χ1n) is 6.64. The average molecular weight is 282 g/mol. The van der Waals surface area contributed by atoms with Crippen molar-refractivity contribution in [2.45, 2.75) is 6.92 Å². The van der Waals surface area contributed by atoms with Crippen LogP contribution in [0.25, 0.3) is 0 Å². The van der Waals surface area contributed by atoms with Crippen LogP contribution in [0.3, 0.4) is 0 Å². The normalized spacial score (nSPS) is 10.9. The molecule has 0 atom stereocenters. The van der Waals surface area contributed by atoms with E-state index in [0.717, 1.165) is 6.54 Å². The molecule has 0 aliphatic rings. The van der Waals surface area contributed by atoms with E-state index in [-0.39, 0.29) is 11.7 Å². The minimum atomic E-state index is -0.352. The number of ether oxygens (including phenoxy) is 1. The third-order valence-electron chi connectivity index (χ3n) is 3.09. The zero-order valence-electron chi connectivity index (χ0n) is 12.6. The van der Waals surface area contributed by atoms with Crippen LogP contribution < -0.4 is 0 Å². The van der Waals surface area contributed by atoms with Crippen LogP contribution >= 0.6 is 0 Å². The number of amides is 1. The molecule has 1 amide bonds. The second kappa shape index (κ2) is 7.97. The molecule has 1 aromatic carbocycles. The van der Waals surface area contributed by atoms with E-state index in [2.05, 4.69) is 0 Å². The molecule has 5 heteroatoms. The molecule has 0 aliphatic heterocycles. The third kappa shape index (κ3) is 4.90. The second-order valence-corrected chi connectivity index (χ2v) is 5.05. The van der Waals surface area contributed by atoms with E-state index in [1.807, 2.05) is 19.0 Å². The van der Waals surface area contributed by atoms with Crippen LogP contribution in [0, 0.1) is 12.7 Å². The van der Waals surface area contributed by atoms with Crippen LogP contribution in [0.15, 0.2) is 18.2 Å². The molecule has 0 N–H and O–H groups in total. The number of halogens is 1. The Balaban J connectivity index is 2.81. The van der Waals surface area contributed by atoms with Crippen molar-refractivity contribution >= 4 is 5.91 Å². The highest BCUT2D eigenvalue weighted by atomic mass is 19.1. The van der Waals surface area contributed by atoms with E-state index in [0.29, 0.717) is 30.8 Å². The Bertz CT molecular complexity index is 449. The minimum Gasteiger partial charge on any atom is -0.383 e. The molecule has 0 radical (unpaired) electrons. The maximum atomic E-state index is 13.6. The first kappa shape index (κ1) is 16.6. The van der Waals surface area contributed by atoms with Crippen LogP contribution in [0.1, 0.15) is 15.9 Å². The van der Waals surface area contributed by atoms with Crippen LogP contribution in [0.2, 0.25) is 0 Å². The monoisotopic (exact) mass is 282 g/mol. The molecular weight excluding hydrogens is 259 g/mol. The lowest BCUT2D eigenvalue weighted by molar-refractivity contribution is 0.0682. The molecular formula is C15H23FN2O2. The molecule has 0 fully saturated rings. The number of nitrogens with zero attached hydrogens (tertiary/aromatic N) is 2. The maximum absolute atomic E-state index is 13.6. The molecule has 0 aliphatic carbocycles. The molecule has 0 aromatic heterocycles. The standard InChI is InChI=1S/C15H23FN2O2/c1-12-5-6-13(11-14(12)16)15(19)18(9-10-20-4)8-7-17(2)3/h5-6,11H,7-10H2,1-4H3. The van der Waals surface area contributed by atoms with Gasteiger partial charge in [-0.3, -0.25) is 4.79 Å². The van der Waals surface area contributed by atoms with Crippen molar-refractivity contribution in [3.05, 3.63) is 35.1 Å². The lowest BCUT2D eigenvalue weighted by Crippen LogP contribution is -2.38. The molecule has 0 bridgehead atoms. The van der Waals surface area contributed by atoms with Gasteiger partial charge < -0.3 is 14.5 Å². The summed E-state index contributed by atoms with van der Waals surface area (Å²) in [6.07, 6.45) is 0. The summed E-state index contributed by atoms with van der Waals surface area (Å²) < 4.78 is 18.6. The molecule has 0 saturated heterocycles. The molecule has 1 rings (SSSR count). The number of rotatable bonds is 7. The second-order valence-electron chi connectivity index (χ2n) is 5.05. The van der Waals surface area contributed by atoms with Gasteiger partial charge in [-0.15, -0.1) is 0 Å². The number of likely N-dealkylation sites (N-methyl/N-ethyl adjacent to an activating group) is 1. The first-order valence-corrected chi connectivity index (χ1v) is 6.64. The van der Waals surface area contributed by atoms with Crippen molar-refractivity contribution in [3.8, 4) is 0 Å². The van der Waals surface area contributed by atoms with Crippen LogP contribution in [0.5, 0.6) is 0 Å². The maximum Gasteiger partial charge on any atom is 0.254 e. The van der Waals surface area contributed by atoms with Crippen molar-refractivity contribution in [2.75, 3.05) is 47.4 Å². The van der Waals surface area contributed by atoms with E-state index < -0.39 is 0 Å². The summed E-state index contributed by atoms with van der Waals surface area (Å²) in [5.41, 5.74) is 0.918. The Morgan fingerprint density at radius 2 is 1.95 bits per heavy atom. The number of hydrogen-bond acceptors (Lipinski definition) is 3. The Kier molecular flexibility index (Phi) is 6.61. The minimum absolute atomic E-state index is 0.164. The van der Waals surface area contributed by atoms with Gasteiger partial charge >= 0.3 is 0 Å². The number of hydrogen-bond donors (Lipinski definition) is 0. The van der Waals surface area contributed by atoms with Crippen molar-refractivity contribution in [2.24, 2.45) is 0 Å². The van der Waals surface area contributed by atoms with Crippen LogP contribution in [0.4, 0.5) is 4.39 Å². The van der Waals surface area contributed by atoms with Gasteiger partial charge in [-0.1, -0.05) is 6.07 Å². The summed E-state index contributed by atoms with van der Waals surface area (Å²) in [6.45, 7) is 3.99. The summed E-state index contributed by atoms with van der Waals surface area (Å²) in [6, 6.07) is 4.59. The molecule has 112 valence electrons. The highest BCUT2D eigenvalue weighted by Gasteiger charge is 2.16. The van der Waals surface area contributed by atoms with Gasteiger partial charge in [-0.25, -0.2) is 4.39 Å². The van der Waals surface area contributed by atoms with E-state index in [1.54, 1.807) is 31.1 Å². The molecule has 0 saturated carbocycles. The quantitative estimate of drug-likeness (QED) is 0.764. The highest BCUT2D eigenvalue weighted by Crippen LogP contribution is 2.11. The van der Waals surface area contributed by atoms with Gasteiger partial charge in [0.2, 0.25) is 0 Å². The number of methoxy groups -OCH3 is 1. The number of carbonyl (C=O) groups is 1. The largest absolute Gasteiger partial charge is 0.383 e. The predicted molar refractivity (Wildman–Crippen MR) is 77.5 cm³/mol. The van der Waals surface area contributed by atoms with Crippen molar-refractivity contribution in [1.29, 1.82) is 0 Å². The van der Waals surface area contributed by atoms with Crippen molar-refractivity contribution < 1.29 is 13.9 Å². The van der Waals surface area contributed by atoms with Gasteiger partial charge in [0.1, 0.15) is 5.82 Å².